The zero-order valence-corrected chi connectivity index (χ0v) is 13.0. The lowest BCUT2D eigenvalue weighted by molar-refractivity contribution is 0.0216. The van der Waals surface area contributed by atoms with E-state index in [9.17, 15) is 4.79 Å². The van der Waals surface area contributed by atoms with Gasteiger partial charge in [-0.05, 0) is 57.8 Å². The number of aromatic nitrogens is 1. The molecule has 5 heterocycles. The number of carbonyl (C=O) groups is 1. The topological polar surface area (TPSA) is 58.4 Å². The van der Waals surface area contributed by atoms with Gasteiger partial charge < -0.3 is 9.73 Å². The third-order valence-electron chi connectivity index (χ3n) is 5.31. The average Bonchev–Trinajstić information content (AvgIpc) is 3.00. The van der Waals surface area contributed by atoms with Crippen LogP contribution in [0.3, 0.4) is 0 Å². The van der Waals surface area contributed by atoms with Gasteiger partial charge in [-0.2, -0.15) is 0 Å². The normalized spacial score (nSPS) is 30.6. The van der Waals surface area contributed by atoms with Crippen LogP contribution in [0.15, 0.2) is 22.8 Å². The summed E-state index contributed by atoms with van der Waals surface area (Å²) in [4.78, 5) is 19.5. The molecule has 0 spiro atoms. The molecule has 116 valence electrons. The zero-order chi connectivity index (χ0) is 15.3. The summed E-state index contributed by atoms with van der Waals surface area (Å²) in [6.07, 6.45) is 4.00. The van der Waals surface area contributed by atoms with Gasteiger partial charge in [0.25, 0.3) is 5.91 Å². The van der Waals surface area contributed by atoms with Crippen molar-refractivity contribution in [2.45, 2.75) is 38.8 Å². The van der Waals surface area contributed by atoms with E-state index in [2.05, 4.69) is 22.1 Å². The standard InChI is InChI=1S/C17H21N3O2/c1-10-16-13(5-8-22-16)9-14(18-10)17(21)19-15-11(2)20-6-3-12(15)4-7-20/h5,8-9,11-12,15H,3-4,6-7H2,1-2H3,(H,19,21). The van der Waals surface area contributed by atoms with Crippen LogP contribution in [0.4, 0.5) is 0 Å². The summed E-state index contributed by atoms with van der Waals surface area (Å²) in [5.41, 5.74) is 2.00. The van der Waals surface area contributed by atoms with Gasteiger partial charge in [-0.3, -0.25) is 9.69 Å². The van der Waals surface area contributed by atoms with E-state index >= 15 is 0 Å². The molecule has 22 heavy (non-hydrogen) atoms. The third-order valence-corrected chi connectivity index (χ3v) is 5.31. The Bertz CT molecular complexity index is 714. The summed E-state index contributed by atoms with van der Waals surface area (Å²) in [5, 5.41) is 4.16. The molecule has 5 nitrogen and oxygen atoms in total. The van der Waals surface area contributed by atoms with Gasteiger partial charge in [0.15, 0.2) is 5.58 Å². The van der Waals surface area contributed by atoms with Crippen molar-refractivity contribution in [3.8, 4) is 0 Å². The minimum atomic E-state index is -0.0724. The van der Waals surface area contributed by atoms with Gasteiger partial charge >= 0.3 is 0 Å². The SMILES string of the molecule is Cc1nc(C(=O)NC2C3CCN(CC3)C2C)cc2ccoc12. The molecule has 2 unspecified atom stereocenters. The molecule has 2 aromatic rings. The van der Waals surface area contributed by atoms with E-state index in [0.29, 0.717) is 17.7 Å². The van der Waals surface area contributed by atoms with Gasteiger partial charge in [0.1, 0.15) is 5.69 Å². The van der Waals surface area contributed by atoms with Crippen molar-refractivity contribution in [1.29, 1.82) is 0 Å². The van der Waals surface area contributed by atoms with Gasteiger partial charge in [-0.1, -0.05) is 0 Å². The Balaban J connectivity index is 1.58. The van der Waals surface area contributed by atoms with E-state index in [0.717, 1.165) is 29.8 Å². The maximum atomic E-state index is 12.6. The van der Waals surface area contributed by atoms with Crippen LogP contribution in [0.1, 0.15) is 35.9 Å². The van der Waals surface area contributed by atoms with Gasteiger partial charge in [-0.25, -0.2) is 4.98 Å². The summed E-state index contributed by atoms with van der Waals surface area (Å²) in [6, 6.07) is 4.33. The number of pyridine rings is 1. The number of rotatable bonds is 2. The molecule has 2 atom stereocenters. The van der Waals surface area contributed by atoms with Crippen molar-refractivity contribution in [2.24, 2.45) is 5.92 Å². The van der Waals surface area contributed by atoms with Crippen molar-refractivity contribution in [1.82, 2.24) is 15.2 Å². The number of fused-ring (bicyclic) bond motifs is 4. The molecule has 0 aliphatic carbocycles. The number of nitrogens with one attached hydrogen (secondary N) is 1. The summed E-state index contributed by atoms with van der Waals surface area (Å²) < 4.78 is 5.39. The monoisotopic (exact) mass is 299 g/mol. The van der Waals surface area contributed by atoms with Crippen LogP contribution < -0.4 is 5.32 Å². The molecular weight excluding hydrogens is 278 g/mol. The van der Waals surface area contributed by atoms with E-state index in [1.54, 1.807) is 6.26 Å². The number of carbonyl (C=O) groups excluding carboxylic acids is 1. The maximum Gasteiger partial charge on any atom is 0.270 e. The fourth-order valence-electron chi connectivity index (χ4n) is 4.02. The van der Waals surface area contributed by atoms with Gasteiger partial charge in [0.05, 0.1) is 12.0 Å². The summed E-state index contributed by atoms with van der Waals surface area (Å²) in [6.45, 7) is 6.42. The molecule has 3 aliphatic heterocycles. The molecule has 1 N–H and O–H groups in total. The zero-order valence-electron chi connectivity index (χ0n) is 13.0. The Kier molecular flexibility index (Phi) is 3.18. The highest BCUT2D eigenvalue weighted by Crippen LogP contribution is 2.32. The highest BCUT2D eigenvalue weighted by atomic mass is 16.3. The largest absolute Gasteiger partial charge is 0.462 e. The molecule has 0 aromatic carbocycles. The number of aryl methyl sites for hydroxylation is 1. The fraction of sp³-hybridized carbons (Fsp3) is 0.529. The molecule has 5 rings (SSSR count). The van der Waals surface area contributed by atoms with Crippen molar-refractivity contribution < 1.29 is 9.21 Å². The van der Waals surface area contributed by atoms with Crippen molar-refractivity contribution >= 4 is 16.9 Å². The van der Waals surface area contributed by atoms with Gasteiger partial charge in [0, 0.05) is 17.5 Å². The lowest BCUT2D eigenvalue weighted by Crippen LogP contribution is -2.62. The lowest BCUT2D eigenvalue weighted by atomic mass is 9.79. The number of amides is 1. The molecule has 3 fully saturated rings. The molecule has 3 saturated heterocycles. The third kappa shape index (κ3) is 2.11. The molecular formula is C17H21N3O2. The number of furan rings is 1. The molecule has 5 heteroatoms. The summed E-state index contributed by atoms with van der Waals surface area (Å²) in [5.74, 6) is 0.527. The Morgan fingerprint density at radius 1 is 1.41 bits per heavy atom. The summed E-state index contributed by atoms with van der Waals surface area (Å²) >= 11 is 0. The predicted molar refractivity (Wildman–Crippen MR) is 83.8 cm³/mol. The lowest BCUT2D eigenvalue weighted by Gasteiger charge is -2.49. The van der Waals surface area contributed by atoms with Crippen LogP contribution in [-0.2, 0) is 0 Å². The number of hydrogen-bond donors (Lipinski definition) is 1. The van der Waals surface area contributed by atoms with Gasteiger partial charge in [0.2, 0.25) is 0 Å². The minimum absolute atomic E-state index is 0.0724. The van der Waals surface area contributed by atoms with Crippen LogP contribution in [-0.4, -0.2) is 41.0 Å². The van der Waals surface area contributed by atoms with Crippen LogP contribution in [0, 0.1) is 12.8 Å². The smallest absolute Gasteiger partial charge is 0.270 e. The highest BCUT2D eigenvalue weighted by molar-refractivity contribution is 5.96. The van der Waals surface area contributed by atoms with E-state index in [1.807, 2.05) is 19.1 Å². The molecule has 1 amide bonds. The van der Waals surface area contributed by atoms with E-state index in [1.165, 1.54) is 12.8 Å². The predicted octanol–water partition coefficient (Wildman–Crippen LogP) is 2.35. The molecule has 0 radical (unpaired) electrons. The highest BCUT2D eigenvalue weighted by Gasteiger charge is 2.40. The Morgan fingerprint density at radius 3 is 2.91 bits per heavy atom. The quantitative estimate of drug-likeness (QED) is 0.925. The van der Waals surface area contributed by atoms with Crippen molar-refractivity contribution in [3.05, 3.63) is 29.8 Å². The van der Waals surface area contributed by atoms with Crippen molar-refractivity contribution in [3.63, 3.8) is 0 Å². The van der Waals surface area contributed by atoms with Crippen molar-refractivity contribution in [2.75, 3.05) is 13.1 Å². The first-order valence-corrected chi connectivity index (χ1v) is 8.03. The first-order chi connectivity index (χ1) is 10.6. The second-order valence-corrected chi connectivity index (χ2v) is 6.55. The summed E-state index contributed by atoms with van der Waals surface area (Å²) in [7, 11) is 0. The Hall–Kier alpha value is -1.88. The Morgan fingerprint density at radius 2 is 2.18 bits per heavy atom. The first-order valence-electron chi connectivity index (χ1n) is 8.03. The second kappa shape index (κ2) is 5.09. The van der Waals surface area contributed by atoms with Crippen LogP contribution in [0.5, 0.6) is 0 Å². The van der Waals surface area contributed by atoms with E-state index < -0.39 is 0 Å². The number of hydrogen-bond acceptors (Lipinski definition) is 4. The van der Waals surface area contributed by atoms with Crippen LogP contribution in [0.25, 0.3) is 11.0 Å². The van der Waals surface area contributed by atoms with Gasteiger partial charge in [-0.15, -0.1) is 0 Å². The van der Waals surface area contributed by atoms with E-state index in [4.69, 9.17) is 4.42 Å². The minimum Gasteiger partial charge on any atom is -0.462 e. The molecule has 0 saturated carbocycles. The van der Waals surface area contributed by atoms with Crippen LogP contribution >= 0.6 is 0 Å². The number of piperidine rings is 3. The van der Waals surface area contributed by atoms with Crippen LogP contribution in [0.2, 0.25) is 0 Å². The molecule has 3 aliphatic rings. The molecule has 2 bridgehead atoms. The Labute approximate surface area is 129 Å². The first kappa shape index (κ1) is 13.8. The average molecular weight is 299 g/mol. The number of nitrogens with zero attached hydrogens (tertiary/aromatic N) is 2. The molecule has 2 aromatic heterocycles. The van der Waals surface area contributed by atoms with E-state index in [-0.39, 0.29) is 11.9 Å². The second-order valence-electron chi connectivity index (χ2n) is 6.55. The maximum absolute atomic E-state index is 12.6. The fourth-order valence-corrected chi connectivity index (χ4v) is 4.02.